The highest BCUT2D eigenvalue weighted by Crippen LogP contribution is 2.50. The molecule has 0 aliphatic carbocycles. The number of para-hydroxylation sites is 1. The molecule has 1 aliphatic rings. The Labute approximate surface area is 263 Å². The number of thiazole rings is 2. The minimum atomic E-state index is -1.29. The van der Waals surface area contributed by atoms with Crippen LogP contribution in [0.25, 0.3) is 32.1 Å². The molecule has 0 saturated carbocycles. The van der Waals surface area contributed by atoms with Crippen LogP contribution in [-0.2, 0) is 27.3 Å². The summed E-state index contributed by atoms with van der Waals surface area (Å²) in [6.45, 7) is 10.6. The molecule has 0 bridgehead atoms. The van der Waals surface area contributed by atoms with Gasteiger partial charge in [0.2, 0.25) is 5.52 Å². The molecular weight excluding hydrogens is 599 g/mol. The first-order valence-corrected chi connectivity index (χ1v) is 17.1. The van der Waals surface area contributed by atoms with E-state index in [-0.39, 0.29) is 12.1 Å². The summed E-state index contributed by atoms with van der Waals surface area (Å²) in [6, 6.07) is 21.1. The van der Waals surface area contributed by atoms with Crippen molar-refractivity contribution in [1.82, 2.24) is 4.57 Å². The molecule has 0 atom stereocenters. The van der Waals surface area contributed by atoms with Crippen LogP contribution in [0, 0.1) is 0 Å². The van der Waals surface area contributed by atoms with Crippen molar-refractivity contribution < 1.29 is 18.8 Å². The van der Waals surface area contributed by atoms with E-state index in [1.807, 2.05) is 25.3 Å². The summed E-state index contributed by atoms with van der Waals surface area (Å²) in [5.41, 5.74) is 2.22. The number of rotatable bonds is 10. The molecule has 2 aromatic heterocycles. The molecule has 3 aromatic carbocycles. The van der Waals surface area contributed by atoms with Gasteiger partial charge in [-0.15, -0.1) is 11.3 Å². The molecule has 3 heterocycles. The van der Waals surface area contributed by atoms with Crippen molar-refractivity contribution in [2.24, 2.45) is 0 Å². The molecule has 43 heavy (non-hydrogen) atoms. The average molecular weight is 635 g/mol. The fourth-order valence-electron chi connectivity index (χ4n) is 5.65. The number of benzene rings is 3. The van der Waals surface area contributed by atoms with Gasteiger partial charge in [0.1, 0.15) is 32.0 Å². The highest BCUT2D eigenvalue weighted by Gasteiger charge is 2.40. The number of aryl methyl sites for hydroxylation is 1. The number of nitrogens with zero attached hydrogens (tertiary/aromatic N) is 3. The van der Waals surface area contributed by atoms with Crippen molar-refractivity contribution in [3.8, 4) is 0 Å². The lowest BCUT2D eigenvalue weighted by molar-refractivity contribution is -0.665. The Bertz CT molecular complexity index is 1970. The SMILES string of the molecule is CCOC(CN1C(=c2sc(=Cc3sc4ccccc4[n+]3CC)n(CC)c2=O)Sc2c1ccc1ccccc21)(OC)OCC. The molecule has 0 unspecified atom stereocenters. The third-order valence-electron chi connectivity index (χ3n) is 7.61. The molecule has 0 saturated heterocycles. The quantitative estimate of drug-likeness (QED) is 0.150. The molecule has 7 nitrogen and oxygen atoms in total. The van der Waals surface area contributed by atoms with Gasteiger partial charge in [-0.2, -0.15) is 4.57 Å². The number of ether oxygens (including phenoxy) is 3. The van der Waals surface area contributed by atoms with Crippen LogP contribution in [0.3, 0.4) is 0 Å². The second kappa shape index (κ2) is 12.6. The van der Waals surface area contributed by atoms with E-state index >= 15 is 0 Å². The van der Waals surface area contributed by atoms with Crippen LogP contribution < -0.4 is 24.2 Å². The summed E-state index contributed by atoms with van der Waals surface area (Å²) < 4.78 is 25.1. The number of aromatic nitrogens is 2. The molecule has 0 spiro atoms. The largest absolute Gasteiger partial charge is 0.329 e. The van der Waals surface area contributed by atoms with Crippen LogP contribution in [0.1, 0.15) is 32.7 Å². The Balaban J connectivity index is 1.60. The minimum absolute atomic E-state index is 0.00311. The van der Waals surface area contributed by atoms with Crippen LogP contribution in [-0.4, -0.2) is 37.4 Å². The molecule has 6 rings (SSSR count). The summed E-state index contributed by atoms with van der Waals surface area (Å²) in [4.78, 5) is 17.4. The first-order chi connectivity index (χ1) is 21.0. The van der Waals surface area contributed by atoms with Crippen molar-refractivity contribution in [2.45, 2.75) is 51.7 Å². The summed E-state index contributed by atoms with van der Waals surface area (Å²) in [7, 11) is 1.60. The normalized spacial score (nSPS) is 15.3. The van der Waals surface area contributed by atoms with E-state index in [9.17, 15) is 4.79 Å². The van der Waals surface area contributed by atoms with Gasteiger partial charge in [0.25, 0.3) is 10.6 Å². The average Bonchev–Trinajstić information content (AvgIpc) is 3.67. The van der Waals surface area contributed by atoms with Gasteiger partial charge < -0.3 is 19.1 Å². The smallest absolute Gasteiger partial charge is 0.301 e. The third kappa shape index (κ3) is 5.34. The molecule has 224 valence electrons. The standard InChI is InChI=1S/C33H36N3O4S3/c1-6-34-24-16-12-13-17-26(24)41-27(34)20-28-35(7-2)31(37)30(42-28)32-36(21-33(38-5,39-8-3)40-9-4)25-19-18-22-14-10-11-15-23(22)29(25)43-32/h10-20H,6-9,21H2,1-5H3/q+1. The number of thioether (sulfide) groups is 1. The third-order valence-corrected chi connectivity index (χ3v) is 11.2. The van der Waals surface area contributed by atoms with Crippen LogP contribution in [0.5, 0.6) is 0 Å². The molecule has 1 aliphatic heterocycles. The maximum Gasteiger partial charge on any atom is 0.301 e. The van der Waals surface area contributed by atoms with Crippen molar-refractivity contribution in [2.75, 3.05) is 31.8 Å². The maximum atomic E-state index is 14.2. The Morgan fingerprint density at radius 1 is 0.930 bits per heavy atom. The molecule has 5 aromatic rings. The number of hydrogen-bond acceptors (Lipinski definition) is 8. The van der Waals surface area contributed by atoms with E-state index in [0.29, 0.717) is 24.3 Å². The van der Waals surface area contributed by atoms with E-state index in [1.54, 1.807) is 30.2 Å². The Hall–Kier alpha value is -2.99. The van der Waals surface area contributed by atoms with Gasteiger partial charge in [-0.25, -0.2) is 0 Å². The summed E-state index contributed by atoms with van der Waals surface area (Å²) in [6.07, 6.45) is 2.17. The first-order valence-electron chi connectivity index (χ1n) is 14.6. The summed E-state index contributed by atoms with van der Waals surface area (Å²) >= 11 is 4.92. The number of hydrogen-bond donors (Lipinski definition) is 0. The van der Waals surface area contributed by atoms with Gasteiger partial charge in [-0.1, -0.05) is 65.6 Å². The topological polar surface area (TPSA) is 56.8 Å². The van der Waals surface area contributed by atoms with E-state index < -0.39 is 5.97 Å². The van der Waals surface area contributed by atoms with Gasteiger partial charge in [-0.3, -0.25) is 9.36 Å². The zero-order valence-electron chi connectivity index (χ0n) is 25.1. The van der Waals surface area contributed by atoms with Crippen LogP contribution in [0.15, 0.2) is 70.4 Å². The fraction of sp³-hybridized carbons (Fsp3) is 0.333. The molecular formula is C33H36N3O4S3+. The second-order valence-corrected chi connectivity index (χ2v) is 13.1. The van der Waals surface area contributed by atoms with Crippen molar-refractivity contribution in [1.29, 1.82) is 0 Å². The zero-order chi connectivity index (χ0) is 30.1. The maximum absolute atomic E-state index is 14.2. The van der Waals surface area contributed by atoms with E-state index in [4.69, 9.17) is 14.2 Å². The second-order valence-electron chi connectivity index (χ2n) is 10.00. The van der Waals surface area contributed by atoms with Gasteiger partial charge in [0, 0.05) is 37.8 Å². The van der Waals surface area contributed by atoms with E-state index in [1.165, 1.54) is 21.6 Å². The lowest BCUT2D eigenvalue weighted by Gasteiger charge is -2.35. The fourth-order valence-corrected chi connectivity index (χ4v) is 9.46. The van der Waals surface area contributed by atoms with Crippen LogP contribution in [0.2, 0.25) is 0 Å². The number of methoxy groups -OCH3 is 1. The van der Waals surface area contributed by atoms with E-state index in [0.717, 1.165) is 42.6 Å². The van der Waals surface area contributed by atoms with Gasteiger partial charge >= 0.3 is 5.97 Å². The summed E-state index contributed by atoms with van der Waals surface area (Å²) in [5.74, 6) is -1.29. The molecule has 0 amide bonds. The highest BCUT2D eigenvalue weighted by atomic mass is 32.2. The van der Waals surface area contributed by atoms with E-state index in [2.05, 4.69) is 83.1 Å². The first kappa shape index (κ1) is 30.1. The molecule has 0 radical (unpaired) electrons. The molecule has 0 N–H and O–H groups in total. The van der Waals surface area contributed by atoms with Gasteiger partial charge in [0.05, 0.1) is 11.8 Å². The zero-order valence-corrected chi connectivity index (χ0v) is 27.5. The highest BCUT2D eigenvalue weighted by molar-refractivity contribution is 8.09. The molecule has 0 fully saturated rings. The lowest BCUT2D eigenvalue weighted by Crippen LogP contribution is -2.49. The van der Waals surface area contributed by atoms with Crippen LogP contribution >= 0.6 is 34.4 Å². The predicted octanol–water partition coefficient (Wildman–Crippen LogP) is 5.49. The number of anilines is 1. The summed E-state index contributed by atoms with van der Waals surface area (Å²) in [5, 5.41) is 4.29. The molecule has 10 heteroatoms. The van der Waals surface area contributed by atoms with Crippen LogP contribution in [0.4, 0.5) is 5.69 Å². The Morgan fingerprint density at radius 3 is 2.40 bits per heavy atom. The Kier molecular flexibility index (Phi) is 8.77. The predicted molar refractivity (Wildman–Crippen MR) is 178 cm³/mol. The van der Waals surface area contributed by atoms with Gasteiger partial charge in [0.15, 0.2) is 0 Å². The van der Waals surface area contributed by atoms with Crippen molar-refractivity contribution in [3.63, 3.8) is 0 Å². The Morgan fingerprint density at radius 2 is 1.67 bits per heavy atom. The van der Waals surface area contributed by atoms with Crippen molar-refractivity contribution in [3.05, 3.63) is 85.2 Å². The minimum Gasteiger partial charge on any atom is -0.329 e. The monoisotopic (exact) mass is 634 g/mol. The van der Waals surface area contributed by atoms with Gasteiger partial charge in [-0.05, 0) is 50.6 Å². The lowest BCUT2D eigenvalue weighted by atomic mass is 10.1. The number of fused-ring (bicyclic) bond motifs is 4. The van der Waals surface area contributed by atoms with Crippen molar-refractivity contribution >= 4 is 72.2 Å².